The third kappa shape index (κ3) is 4.42. The van der Waals surface area contributed by atoms with Gasteiger partial charge in [0.15, 0.2) is 0 Å². The highest BCUT2D eigenvalue weighted by Crippen LogP contribution is 2.35. The predicted octanol–water partition coefficient (Wildman–Crippen LogP) is 4.54. The number of carbonyl (C=O) groups is 1. The molecule has 0 radical (unpaired) electrons. The average molecular weight is 386 g/mol. The van der Waals surface area contributed by atoms with E-state index in [-0.39, 0.29) is 17.9 Å². The molecule has 134 valence electrons. The second-order valence-electron chi connectivity index (χ2n) is 5.34. The van der Waals surface area contributed by atoms with Crippen LogP contribution in [0.4, 0.5) is 5.69 Å². The number of aliphatic hydroxyl groups excluding tert-OH is 1. The third-order valence-corrected chi connectivity index (χ3v) is 5.49. The number of aliphatic hydroxyl groups is 1. The maximum atomic E-state index is 12.3. The van der Waals surface area contributed by atoms with Crippen molar-refractivity contribution in [2.45, 2.75) is 18.7 Å². The Balaban J connectivity index is 1.84. The molecular formula is C19H18N2O3S2. The number of nitrogens with zero attached hydrogens (tertiary/aromatic N) is 2. The van der Waals surface area contributed by atoms with Gasteiger partial charge in [-0.25, -0.2) is 9.79 Å². The van der Waals surface area contributed by atoms with Crippen LogP contribution in [0.15, 0.2) is 69.2 Å². The van der Waals surface area contributed by atoms with Crippen molar-refractivity contribution < 1.29 is 14.6 Å². The smallest absolute Gasteiger partial charge is 0.344 e. The van der Waals surface area contributed by atoms with Gasteiger partial charge in [-0.05, 0) is 30.5 Å². The van der Waals surface area contributed by atoms with Gasteiger partial charge in [0.1, 0.15) is 21.6 Å². The minimum atomic E-state index is -0.568. The van der Waals surface area contributed by atoms with E-state index in [1.54, 1.807) is 24.5 Å². The number of thioether (sulfide) groups is 1. The molecule has 1 aromatic heterocycles. The quantitative estimate of drug-likeness (QED) is 0.584. The van der Waals surface area contributed by atoms with E-state index in [2.05, 4.69) is 9.98 Å². The fourth-order valence-corrected chi connectivity index (χ4v) is 4.04. The molecule has 2 heterocycles. The molecule has 0 amide bonds. The molecule has 1 aromatic carbocycles. The molecule has 0 spiro atoms. The normalized spacial score (nSPS) is 18.8. The van der Waals surface area contributed by atoms with Gasteiger partial charge in [0.05, 0.1) is 18.8 Å². The zero-order valence-electron chi connectivity index (χ0n) is 14.2. The Morgan fingerprint density at radius 3 is 2.77 bits per heavy atom. The fraction of sp³-hybridized carbons (Fsp3) is 0.211. The van der Waals surface area contributed by atoms with E-state index in [1.807, 2.05) is 47.8 Å². The van der Waals surface area contributed by atoms with Crippen molar-refractivity contribution in [2.75, 3.05) is 6.61 Å². The van der Waals surface area contributed by atoms with E-state index in [0.717, 1.165) is 4.88 Å². The fourth-order valence-electron chi connectivity index (χ4n) is 2.33. The van der Waals surface area contributed by atoms with E-state index < -0.39 is 11.2 Å². The summed E-state index contributed by atoms with van der Waals surface area (Å²) in [4.78, 5) is 22.3. The summed E-state index contributed by atoms with van der Waals surface area (Å²) in [5.41, 5.74) is 0.828. The standard InChI is InChI=1S/C19H18N2O3S2/c1-2-24-19(23)16-17(22)15(12-20-11-14-9-6-10-25-14)26-18(16)21-13-7-4-3-5-8-13/h3-10,12,15,22H,2,11H2,1H3/t15-/m0/s1. The van der Waals surface area contributed by atoms with Gasteiger partial charge in [-0.2, -0.15) is 0 Å². The average Bonchev–Trinajstić information content (AvgIpc) is 3.25. The number of benzene rings is 1. The summed E-state index contributed by atoms with van der Waals surface area (Å²) in [7, 11) is 0. The van der Waals surface area contributed by atoms with Crippen LogP contribution in [0, 0.1) is 0 Å². The molecule has 1 aliphatic heterocycles. The van der Waals surface area contributed by atoms with Gasteiger partial charge < -0.3 is 9.84 Å². The summed E-state index contributed by atoms with van der Waals surface area (Å²) in [5, 5.41) is 12.5. The summed E-state index contributed by atoms with van der Waals surface area (Å²) >= 11 is 2.92. The summed E-state index contributed by atoms with van der Waals surface area (Å²) in [6.07, 6.45) is 1.66. The molecule has 2 aromatic rings. The van der Waals surface area contributed by atoms with E-state index >= 15 is 0 Å². The van der Waals surface area contributed by atoms with Crippen LogP contribution < -0.4 is 0 Å². The predicted molar refractivity (Wildman–Crippen MR) is 108 cm³/mol. The number of ether oxygens (including phenoxy) is 1. The maximum absolute atomic E-state index is 12.3. The van der Waals surface area contributed by atoms with Crippen LogP contribution in [-0.2, 0) is 16.1 Å². The Bertz CT molecular complexity index is 843. The van der Waals surface area contributed by atoms with Crippen molar-refractivity contribution in [2.24, 2.45) is 9.98 Å². The largest absolute Gasteiger partial charge is 0.510 e. The minimum Gasteiger partial charge on any atom is -0.510 e. The van der Waals surface area contributed by atoms with E-state index in [0.29, 0.717) is 17.3 Å². The molecule has 1 atom stereocenters. The third-order valence-electron chi connectivity index (χ3n) is 3.51. The van der Waals surface area contributed by atoms with Gasteiger partial charge in [0.2, 0.25) is 0 Å². The van der Waals surface area contributed by atoms with Gasteiger partial charge in [0, 0.05) is 11.1 Å². The Morgan fingerprint density at radius 2 is 2.08 bits per heavy atom. The van der Waals surface area contributed by atoms with Crippen molar-refractivity contribution in [1.82, 2.24) is 0 Å². The molecule has 26 heavy (non-hydrogen) atoms. The highest BCUT2D eigenvalue weighted by atomic mass is 32.2. The number of para-hydroxylation sites is 1. The lowest BCUT2D eigenvalue weighted by Gasteiger charge is -2.04. The zero-order valence-corrected chi connectivity index (χ0v) is 15.8. The monoisotopic (exact) mass is 386 g/mol. The van der Waals surface area contributed by atoms with E-state index in [1.165, 1.54) is 11.8 Å². The number of hydrogen-bond donors (Lipinski definition) is 1. The summed E-state index contributed by atoms with van der Waals surface area (Å²) < 4.78 is 5.08. The highest BCUT2D eigenvalue weighted by molar-refractivity contribution is 8.16. The molecule has 1 aliphatic rings. The lowest BCUT2D eigenvalue weighted by atomic mass is 10.2. The Morgan fingerprint density at radius 1 is 1.27 bits per heavy atom. The Kier molecular flexibility index (Phi) is 6.25. The van der Waals surface area contributed by atoms with Gasteiger partial charge in [-0.15, -0.1) is 11.3 Å². The van der Waals surface area contributed by atoms with E-state index in [4.69, 9.17) is 4.74 Å². The molecular weight excluding hydrogens is 368 g/mol. The molecule has 0 unspecified atom stereocenters. The number of thiophene rings is 1. The van der Waals surface area contributed by atoms with Crippen LogP contribution in [0.2, 0.25) is 0 Å². The number of carbonyl (C=O) groups excluding carboxylic acids is 1. The molecule has 0 saturated carbocycles. The minimum absolute atomic E-state index is 0.0574. The maximum Gasteiger partial charge on any atom is 0.344 e. The van der Waals surface area contributed by atoms with Gasteiger partial charge in [-0.3, -0.25) is 4.99 Å². The van der Waals surface area contributed by atoms with Crippen molar-refractivity contribution >= 4 is 46.0 Å². The lowest BCUT2D eigenvalue weighted by Crippen LogP contribution is -2.13. The zero-order chi connectivity index (χ0) is 18.4. The van der Waals surface area contributed by atoms with Crippen molar-refractivity contribution in [3.05, 3.63) is 64.1 Å². The number of rotatable bonds is 6. The van der Waals surface area contributed by atoms with Crippen LogP contribution in [0.3, 0.4) is 0 Å². The topological polar surface area (TPSA) is 71.2 Å². The second kappa shape index (κ2) is 8.82. The molecule has 5 nitrogen and oxygen atoms in total. The van der Waals surface area contributed by atoms with Gasteiger partial charge >= 0.3 is 5.97 Å². The summed E-state index contributed by atoms with van der Waals surface area (Å²) in [6.45, 7) is 2.50. The summed E-state index contributed by atoms with van der Waals surface area (Å²) in [5.74, 6) is -0.626. The Hall–Kier alpha value is -2.38. The van der Waals surface area contributed by atoms with E-state index in [9.17, 15) is 9.90 Å². The molecule has 1 N–H and O–H groups in total. The van der Waals surface area contributed by atoms with Crippen LogP contribution in [0.1, 0.15) is 11.8 Å². The molecule has 0 aliphatic carbocycles. The summed E-state index contributed by atoms with van der Waals surface area (Å²) in [6, 6.07) is 13.3. The number of esters is 1. The van der Waals surface area contributed by atoms with Crippen molar-refractivity contribution in [3.63, 3.8) is 0 Å². The lowest BCUT2D eigenvalue weighted by molar-refractivity contribution is -0.138. The van der Waals surface area contributed by atoms with Gasteiger partial charge in [0.25, 0.3) is 0 Å². The highest BCUT2D eigenvalue weighted by Gasteiger charge is 2.36. The van der Waals surface area contributed by atoms with Crippen LogP contribution in [0.25, 0.3) is 0 Å². The Labute approximate surface area is 160 Å². The second-order valence-corrected chi connectivity index (χ2v) is 7.50. The molecule has 3 rings (SSSR count). The van der Waals surface area contributed by atoms with Crippen molar-refractivity contribution in [1.29, 1.82) is 0 Å². The number of hydrogen-bond acceptors (Lipinski definition) is 7. The first-order chi connectivity index (χ1) is 12.7. The SMILES string of the molecule is CCOC(=O)C1=C(O)[C@H](C=NCc2cccs2)SC1=Nc1ccccc1. The van der Waals surface area contributed by atoms with Crippen LogP contribution in [-0.4, -0.2) is 34.2 Å². The molecule has 7 heteroatoms. The number of aliphatic imine (C=N–C) groups is 2. The van der Waals surface area contributed by atoms with Crippen LogP contribution in [0.5, 0.6) is 0 Å². The van der Waals surface area contributed by atoms with Crippen LogP contribution >= 0.6 is 23.1 Å². The molecule has 0 bridgehead atoms. The molecule has 0 fully saturated rings. The molecule has 0 saturated heterocycles. The first kappa shape index (κ1) is 18.4. The van der Waals surface area contributed by atoms with Crippen molar-refractivity contribution in [3.8, 4) is 0 Å². The first-order valence-corrected chi connectivity index (χ1v) is 9.88. The van der Waals surface area contributed by atoms with Gasteiger partial charge in [-0.1, -0.05) is 36.0 Å². The first-order valence-electron chi connectivity index (χ1n) is 8.12.